The van der Waals surface area contributed by atoms with Crippen molar-refractivity contribution in [2.24, 2.45) is 0 Å². The maximum atomic E-state index is 13.8. The van der Waals surface area contributed by atoms with Crippen molar-refractivity contribution in [1.29, 1.82) is 0 Å². The van der Waals surface area contributed by atoms with Gasteiger partial charge in [0, 0.05) is 32.5 Å². The summed E-state index contributed by atoms with van der Waals surface area (Å²) in [6.45, 7) is 5.12. The van der Waals surface area contributed by atoms with Gasteiger partial charge in [-0.3, -0.25) is 13.9 Å². The van der Waals surface area contributed by atoms with Crippen LogP contribution in [0.2, 0.25) is 0 Å². The van der Waals surface area contributed by atoms with Crippen LogP contribution in [0.3, 0.4) is 0 Å². The van der Waals surface area contributed by atoms with Crippen molar-refractivity contribution >= 4 is 27.5 Å². The van der Waals surface area contributed by atoms with E-state index in [9.17, 15) is 18.0 Å². The number of benzene rings is 3. The van der Waals surface area contributed by atoms with Gasteiger partial charge in [0.05, 0.1) is 11.9 Å². The second-order valence-corrected chi connectivity index (χ2v) is 12.2. The van der Waals surface area contributed by atoms with E-state index in [1.165, 1.54) is 10.6 Å². The van der Waals surface area contributed by atoms with E-state index in [0.717, 1.165) is 36.0 Å². The molecule has 0 heterocycles. The molecule has 0 aliphatic carbocycles. The van der Waals surface area contributed by atoms with Crippen LogP contribution in [0.1, 0.15) is 56.2 Å². The zero-order valence-corrected chi connectivity index (χ0v) is 25.3. The Bertz CT molecular complexity index is 1330. The van der Waals surface area contributed by atoms with Crippen LogP contribution >= 0.6 is 0 Å². The highest BCUT2D eigenvalue weighted by molar-refractivity contribution is 7.92. The molecular formula is C33H43N3O4S. The molecule has 3 rings (SSSR count). The van der Waals surface area contributed by atoms with Gasteiger partial charge in [-0.1, -0.05) is 93.1 Å². The molecule has 0 saturated carbocycles. The molecule has 0 bridgehead atoms. The number of amides is 2. The summed E-state index contributed by atoms with van der Waals surface area (Å²) in [7, 11) is -3.54. The molecule has 3 aromatic rings. The first-order valence-electron chi connectivity index (χ1n) is 14.4. The standard InChI is InChI=1S/C33H43N3O4S/c1-4-6-23-34-33(38)31(25-28-14-9-7-10-15-28)35(26-29-16-11-8-12-17-29)32(37)18-13-24-36(41(3,39)40)30-21-19-27(5-2)20-22-30/h7-12,14-17,19-22,31H,4-6,13,18,23-26H2,1-3H3,(H,34,38)/t31-/m0/s1. The molecule has 2 amide bonds. The highest BCUT2D eigenvalue weighted by atomic mass is 32.2. The quantitative estimate of drug-likeness (QED) is 0.233. The lowest BCUT2D eigenvalue weighted by atomic mass is 10.0. The predicted octanol–water partition coefficient (Wildman–Crippen LogP) is 5.35. The van der Waals surface area contributed by atoms with Crippen molar-refractivity contribution in [2.45, 2.75) is 65.0 Å². The van der Waals surface area contributed by atoms with Crippen LogP contribution in [-0.4, -0.2) is 50.5 Å². The zero-order valence-electron chi connectivity index (χ0n) is 24.5. The summed E-state index contributed by atoms with van der Waals surface area (Å²) in [5.74, 6) is -0.365. The summed E-state index contributed by atoms with van der Waals surface area (Å²) < 4.78 is 26.6. The van der Waals surface area contributed by atoms with E-state index in [0.29, 0.717) is 25.1 Å². The number of sulfonamides is 1. The van der Waals surface area contributed by atoms with Crippen LogP contribution in [-0.2, 0) is 39.0 Å². The number of hydrogen-bond acceptors (Lipinski definition) is 4. The monoisotopic (exact) mass is 577 g/mol. The first kappa shape index (κ1) is 31.9. The summed E-state index contributed by atoms with van der Waals surface area (Å²) in [6, 6.07) is 26.1. The summed E-state index contributed by atoms with van der Waals surface area (Å²) in [5, 5.41) is 3.03. The van der Waals surface area contributed by atoms with Gasteiger partial charge >= 0.3 is 0 Å². The van der Waals surface area contributed by atoms with Gasteiger partial charge in [-0.2, -0.15) is 0 Å². The van der Waals surface area contributed by atoms with Crippen molar-refractivity contribution in [2.75, 3.05) is 23.7 Å². The lowest BCUT2D eigenvalue weighted by Gasteiger charge is -2.32. The van der Waals surface area contributed by atoms with Gasteiger partial charge in [-0.05, 0) is 48.1 Å². The first-order valence-corrected chi connectivity index (χ1v) is 16.3. The van der Waals surface area contributed by atoms with Crippen molar-refractivity contribution in [1.82, 2.24) is 10.2 Å². The number of aryl methyl sites for hydroxylation is 1. The summed E-state index contributed by atoms with van der Waals surface area (Å²) >= 11 is 0. The van der Waals surface area contributed by atoms with Crippen LogP contribution in [0, 0.1) is 0 Å². The molecular weight excluding hydrogens is 534 g/mol. The Kier molecular flexibility index (Phi) is 12.4. The Balaban J connectivity index is 1.83. The Hall–Kier alpha value is -3.65. The third-order valence-electron chi connectivity index (χ3n) is 7.08. The third kappa shape index (κ3) is 10.0. The maximum Gasteiger partial charge on any atom is 0.243 e. The average Bonchev–Trinajstić information content (AvgIpc) is 2.97. The fourth-order valence-electron chi connectivity index (χ4n) is 4.74. The van der Waals surface area contributed by atoms with Crippen LogP contribution in [0.25, 0.3) is 0 Å². The average molecular weight is 578 g/mol. The SMILES string of the molecule is CCCCNC(=O)[C@H](Cc1ccccc1)N(Cc1ccccc1)C(=O)CCCN(c1ccc(CC)cc1)S(C)(=O)=O. The minimum atomic E-state index is -3.54. The number of anilines is 1. The smallest absolute Gasteiger partial charge is 0.243 e. The van der Waals surface area contributed by atoms with Gasteiger partial charge in [0.2, 0.25) is 21.8 Å². The lowest BCUT2D eigenvalue weighted by molar-refractivity contribution is -0.141. The molecule has 1 N–H and O–H groups in total. The van der Waals surface area contributed by atoms with Gasteiger partial charge < -0.3 is 10.2 Å². The van der Waals surface area contributed by atoms with E-state index in [1.807, 2.05) is 79.7 Å². The Morgan fingerprint density at radius 2 is 1.41 bits per heavy atom. The molecule has 0 aliphatic rings. The fourth-order valence-corrected chi connectivity index (χ4v) is 5.71. The molecule has 41 heavy (non-hydrogen) atoms. The third-order valence-corrected chi connectivity index (χ3v) is 8.28. The number of unbranched alkanes of at least 4 members (excludes halogenated alkanes) is 1. The van der Waals surface area contributed by atoms with Gasteiger partial charge in [0.15, 0.2) is 0 Å². The van der Waals surface area contributed by atoms with E-state index in [4.69, 9.17) is 0 Å². The number of nitrogens with zero attached hydrogens (tertiary/aromatic N) is 2. The number of carbonyl (C=O) groups is 2. The predicted molar refractivity (Wildman–Crippen MR) is 166 cm³/mol. The normalized spacial score (nSPS) is 12.0. The summed E-state index contributed by atoms with van der Waals surface area (Å²) in [6.07, 6.45) is 4.67. The number of nitrogens with one attached hydrogen (secondary N) is 1. The van der Waals surface area contributed by atoms with Gasteiger partial charge in [-0.15, -0.1) is 0 Å². The molecule has 0 saturated heterocycles. The number of carbonyl (C=O) groups excluding carboxylic acids is 2. The molecule has 3 aromatic carbocycles. The van der Waals surface area contributed by atoms with E-state index in [2.05, 4.69) is 12.2 Å². The molecule has 8 heteroatoms. The Morgan fingerprint density at radius 1 is 0.805 bits per heavy atom. The molecule has 220 valence electrons. The summed E-state index contributed by atoms with van der Waals surface area (Å²) in [4.78, 5) is 29.0. The van der Waals surface area contributed by atoms with Gasteiger partial charge in [0.1, 0.15) is 6.04 Å². The lowest BCUT2D eigenvalue weighted by Crippen LogP contribution is -2.50. The Labute approximate surface area is 245 Å². The topological polar surface area (TPSA) is 86.8 Å². The second-order valence-electron chi connectivity index (χ2n) is 10.3. The van der Waals surface area contributed by atoms with Crippen LogP contribution in [0.15, 0.2) is 84.9 Å². The summed E-state index contributed by atoms with van der Waals surface area (Å²) in [5.41, 5.74) is 3.59. The van der Waals surface area contributed by atoms with Gasteiger partial charge in [0.25, 0.3) is 0 Å². The maximum absolute atomic E-state index is 13.8. The first-order chi connectivity index (χ1) is 19.7. The van der Waals surface area contributed by atoms with Crippen LogP contribution in [0.4, 0.5) is 5.69 Å². The number of hydrogen-bond donors (Lipinski definition) is 1. The Morgan fingerprint density at radius 3 is 1.98 bits per heavy atom. The van der Waals surface area contributed by atoms with E-state index < -0.39 is 16.1 Å². The molecule has 0 fully saturated rings. The molecule has 0 aromatic heterocycles. The molecule has 7 nitrogen and oxygen atoms in total. The number of rotatable bonds is 16. The highest BCUT2D eigenvalue weighted by Crippen LogP contribution is 2.21. The van der Waals surface area contributed by atoms with Crippen LogP contribution < -0.4 is 9.62 Å². The fraction of sp³-hybridized carbons (Fsp3) is 0.394. The van der Waals surface area contributed by atoms with E-state index in [1.54, 1.807) is 17.0 Å². The minimum absolute atomic E-state index is 0.111. The van der Waals surface area contributed by atoms with Crippen molar-refractivity contribution < 1.29 is 18.0 Å². The van der Waals surface area contributed by atoms with Crippen molar-refractivity contribution in [3.05, 3.63) is 102 Å². The molecule has 1 atom stereocenters. The van der Waals surface area contributed by atoms with E-state index in [-0.39, 0.29) is 31.3 Å². The molecule has 0 spiro atoms. The molecule has 0 radical (unpaired) electrons. The second kappa shape index (κ2) is 16.0. The van der Waals surface area contributed by atoms with Gasteiger partial charge in [-0.25, -0.2) is 8.42 Å². The van der Waals surface area contributed by atoms with E-state index >= 15 is 0 Å². The van der Waals surface area contributed by atoms with Crippen molar-refractivity contribution in [3.63, 3.8) is 0 Å². The zero-order chi connectivity index (χ0) is 29.7. The largest absolute Gasteiger partial charge is 0.354 e. The molecule has 0 aliphatic heterocycles. The van der Waals surface area contributed by atoms with Crippen molar-refractivity contribution in [3.8, 4) is 0 Å². The van der Waals surface area contributed by atoms with Crippen LogP contribution in [0.5, 0.6) is 0 Å². The highest BCUT2D eigenvalue weighted by Gasteiger charge is 2.30. The minimum Gasteiger partial charge on any atom is -0.354 e. The molecule has 0 unspecified atom stereocenters.